The maximum absolute atomic E-state index is 10.9. The van der Waals surface area contributed by atoms with Crippen molar-refractivity contribution in [1.29, 1.82) is 0 Å². The molecule has 0 atom stereocenters. The number of nitrogens with zero attached hydrogens (tertiary/aromatic N) is 1. The highest BCUT2D eigenvalue weighted by Crippen LogP contribution is 2.14. The van der Waals surface area contributed by atoms with Crippen LogP contribution in [-0.4, -0.2) is 19.7 Å². The number of hydrogen-bond donors (Lipinski definition) is 1. The largest absolute Gasteiger partial charge is 0.396 e. The lowest BCUT2D eigenvalue weighted by Crippen LogP contribution is -2.02. The van der Waals surface area contributed by atoms with E-state index in [0.717, 1.165) is 6.26 Å². The first kappa shape index (κ1) is 11.2. The van der Waals surface area contributed by atoms with Gasteiger partial charge >= 0.3 is 0 Å². The highest BCUT2D eigenvalue weighted by molar-refractivity contribution is 7.90. The number of sulfone groups is 1. The number of halogens is 1. The monoisotopic (exact) mass is 208 g/mol. The van der Waals surface area contributed by atoms with Gasteiger partial charge in [-0.1, -0.05) is 0 Å². The summed E-state index contributed by atoms with van der Waals surface area (Å²) >= 11 is 0. The van der Waals surface area contributed by atoms with E-state index in [1.807, 2.05) is 0 Å². The first-order valence-corrected chi connectivity index (χ1v) is 4.80. The average Bonchev–Trinajstić information content (AvgIpc) is 1.86. The molecule has 4 nitrogen and oxygen atoms in total. The van der Waals surface area contributed by atoms with E-state index >= 15 is 0 Å². The highest BCUT2D eigenvalue weighted by atomic mass is 35.5. The molecule has 1 heterocycles. The summed E-state index contributed by atoms with van der Waals surface area (Å²) in [5.41, 5.74) is 5.55. The van der Waals surface area contributed by atoms with Crippen LogP contribution in [0.5, 0.6) is 0 Å². The second-order valence-corrected chi connectivity index (χ2v) is 4.17. The van der Waals surface area contributed by atoms with Gasteiger partial charge in [0.2, 0.25) is 0 Å². The Bertz CT molecular complexity index is 364. The van der Waals surface area contributed by atoms with Gasteiger partial charge in [-0.25, -0.2) is 8.42 Å². The number of nitrogens with two attached hydrogens (primary N) is 1. The van der Waals surface area contributed by atoms with Crippen LogP contribution in [0, 0.1) is 0 Å². The van der Waals surface area contributed by atoms with E-state index in [4.69, 9.17) is 5.73 Å². The molecule has 0 bridgehead atoms. The molecule has 6 heteroatoms. The third-order valence-corrected chi connectivity index (χ3v) is 2.38. The second-order valence-electron chi connectivity index (χ2n) is 2.19. The van der Waals surface area contributed by atoms with Gasteiger partial charge < -0.3 is 5.73 Å². The molecule has 0 fully saturated rings. The molecule has 0 spiro atoms. The molecule has 0 amide bonds. The number of aromatic nitrogens is 1. The fourth-order valence-electron chi connectivity index (χ4n) is 0.732. The maximum atomic E-state index is 10.9. The van der Waals surface area contributed by atoms with Crippen LogP contribution < -0.4 is 5.73 Å². The van der Waals surface area contributed by atoms with Crippen LogP contribution >= 0.6 is 12.4 Å². The summed E-state index contributed by atoms with van der Waals surface area (Å²) in [6, 6.07) is 1.38. The lowest BCUT2D eigenvalue weighted by Gasteiger charge is -1.99. The third-order valence-electron chi connectivity index (χ3n) is 1.21. The van der Waals surface area contributed by atoms with Crippen LogP contribution in [0.4, 0.5) is 5.69 Å². The number of anilines is 1. The Morgan fingerprint density at radius 2 is 2.08 bits per heavy atom. The first-order valence-electron chi connectivity index (χ1n) is 2.91. The quantitative estimate of drug-likeness (QED) is 0.729. The van der Waals surface area contributed by atoms with Gasteiger partial charge in [0.05, 0.1) is 16.8 Å². The van der Waals surface area contributed by atoms with Crippen LogP contribution in [0.3, 0.4) is 0 Å². The van der Waals surface area contributed by atoms with E-state index < -0.39 is 9.84 Å². The molecule has 1 aromatic rings. The summed E-state index contributed by atoms with van der Waals surface area (Å²) < 4.78 is 21.9. The molecule has 2 N–H and O–H groups in total. The Labute approximate surface area is 77.1 Å². The Morgan fingerprint density at radius 3 is 2.42 bits per heavy atom. The van der Waals surface area contributed by atoms with Crippen LogP contribution in [0.1, 0.15) is 0 Å². The first-order chi connectivity index (χ1) is 5.02. The molecule has 0 aromatic carbocycles. The smallest absolute Gasteiger partial charge is 0.177 e. The predicted octanol–water partition coefficient (Wildman–Crippen LogP) is 0.489. The van der Waals surface area contributed by atoms with Crippen LogP contribution in [-0.2, 0) is 9.84 Å². The number of pyridine rings is 1. The van der Waals surface area contributed by atoms with Crippen molar-refractivity contribution in [3.63, 3.8) is 0 Å². The molecule has 1 rings (SSSR count). The van der Waals surface area contributed by atoms with E-state index in [2.05, 4.69) is 4.98 Å². The van der Waals surface area contributed by atoms with Crippen molar-refractivity contribution in [3.8, 4) is 0 Å². The summed E-state index contributed by atoms with van der Waals surface area (Å²) in [6.07, 6.45) is 3.82. The van der Waals surface area contributed by atoms with Crippen molar-refractivity contribution in [3.05, 3.63) is 18.5 Å². The molecule has 0 aliphatic heterocycles. The highest BCUT2D eigenvalue weighted by Gasteiger charge is 2.09. The molecule has 0 aliphatic rings. The van der Waals surface area contributed by atoms with Crippen LogP contribution in [0.15, 0.2) is 23.4 Å². The molecule has 12 heavy (non-hydrogen) atoms. The van der Waals surface area contributed by atoms with Crippen molar-refractivity contribution in [2.45, 2.75) is 4.90 Å². The zero-order valence-corrected chi connectivity index (χ0v) is 8.02. The lowest BCUT2D eigenvalue weighted by atomic mass is 10.4. The molecule has 0 unspecified atom stereocenters. The zero-order chi connectivity index (χ0) is 8.48. The second kappa shape index (κ2) is 3.73. The van der Waals surface area contributed by atoms with E-state index in [-0.39, 0.29) is 23.0 Å². The molecule has 0 saturated carbocycles. The van der Waals surface area contributed by atoms with E-state index in [1.54, 1.807) is 0 Å². The lowest BCUT2D eigenvalue weighted by molar-refractivity contribution is 0.602. The van der Waals surface area contributed by atoms with E-state index in [9.17, 15) is 8.42 Å². The molecule has 0 radical (unpaired) electrons. The molecule has 68 valence electrons. The Hall–Kier alpha value is -0.810. The van der Waals surface area contributed by atoms with Crippen molar-refractivity contribution in [2.24, 2.45) is 0 Å². The van der Waals surface area contributed by atoms with Crippen LogP contribution in [0.2, 0.25) is 0 Å². The van der Waals surface area contributed by atoms with Crippen molar-refractivity contribution < 1.29 is 8.42 Å². The van der Waals surface area contributed by atoms with Gasteiger partial charge in [0.15, 0.2) is 9.84 Å². The SMILES string of the molecule is CS(=O)(=O)c1ccncc1N.Cl. The Kier molecular flexibility index (Phi) is 3.48. The molecular formula is C6H9ClN2O2S. The molecular weight excluding hydrogens is 200 g/mol. The van der Waals surface area contributed by atoms with Gasteiger partial charge in [-0.2, -0.15) is 0 Å². The summed E-state index contributed by atoms with van der Waals surface area (Å²) in [4.78, 5) is 3.80. The van der Waals surface area contributed by atoms with Crippen LogP contribution in [0.25, 0.3) is 0 Å². The van der Waals surface area contributed by atoms with Crippen molar-refractivity contribution in [2.75, 3.05) is 12.0 Å². The zero-order valence-electron chi connectivity index (χ0n) is 6.39. The number of nitrogen functional groups attached to an aromatic ring is 1. The Balaban J connectivity index is 0.00000121. The predicted molar refractivity (Wildman–Crippen MR) is 49.0 cm³/mol. The van der Waals surface area contributed by atoms with Gasteiger partial charge in [-0.15, -0.1) is 12.4 Å². The fraction of sp³-hybridized carbons (Fsp3) is 0.167. The number of rotatable bonds is 1. The summed E-state index contributed by atoms with van der Waals surface area (Å²) in [7, 11) is -3.20. The molecule has 0 aliphatic carbocycles. The minimum atomic E-state index is -3.20. The molecule has 0 saturated heterocycles. The molecule has 1 aromatic heterocycles. The Morgan fingerprint density at radius 1 is 1.50 bits per heavy atom. The van der Waals surface area contributed by atoms with E-state index in [1.165, 1.54) is 18.5 Å². The minimum absolute atomic E-state index is 0. The van der Waals surface area contributed by atoms with Gasteiger partial charge in [0, 0.05) is 12.5 Å². The third kappa shape index (κ3) is 2.35. The summed E-state index contributed by atoms with van der Waals surface area (Å²) in [5, 5.41) is 0. The van der Waals surface area contributed by atoms with Gasteiger partial charge in [-0.05, 0) is 6.07 Å². The van der Waals surface area contributed by atoms with Crippen molar-refractivity contribution >= 4 is 27.9 Å². The average molecular weight is 209 g/mol. The van der Waals surface area contributed by atoms with E-state index in [0.29, 0.717) is 0 Å². The van der Waals surface area contributed by atoms with Crippen molar-refractivity contribution in [1.82, 2.24) is 4.98 Å². The minimum Gasteiger partial charge on any atom is -0.396 e. The van der Waals surface area contributed by atoms with Gasteiger partial charge in [-0.3, -0.25) is 4.98 Å². The topological polar surface area (TPSA) is 73.0 Å². The normalized spacial score (nSPS) is 10.4. The standard InChI is InChI=1S/C6H8N2O2S.ClH/c1-11(9,10)6-2-3-8-4-5(6)7;/h2-4H,7H2,1H3;1H. The number of hydrogen-bond acceptors (Lipinski definition) is 4. The summed E-state index contributed by atoms with van der Waals surface area (Å²) in [5.74, 6) is 0. The van der Waals surface area contributed by atoms with Gasteiger partial charge in [0.25, 0.3) is 0 Å². The fourth-order valence-corrected chi connectivity index (χ4v) is 1.52. The van der Waals surface area contributed by atoms with Gasteiger partial charge in [0.1, 0.15) is 0 Å². The summed E-state index contributed by atoms with van der Waals surface area (Å²) in [6.45, 7) is 0. The maximum Gasteiger partial charge on any atom is 0.177 e.